The van der Waals surface area contributed by atoms with Crippen molar-refractivity contribution in [3.63, 3.8) is 0 Å². The van der Waals surface area contributed by atoms with E-state index in [1.165, 1.54) is 11.1 Å². The van der Waals surface area contributed by atoms with Crippen molar-refractivity contribution in [2.45, 2.75) is 31.8 Å². The van der Waals surface area contributed by atoms with Crippen LogP contribution in [0.15, 0.2) is 48.8 Å². The van der Waals surface area contributed by atoms with Gasteiger partial charge in [0.25, 0.3) is 0 Å². The van der Waals surface area contributed by atoms with E-state index in [1.807, 2.05) is 37.3 Å². The third-order valence-electron chi connectivity index (χ3n) is 6.27. The molecule has 3 aromatic rings. The number of aromatic nitrogens is 3. The SMILES string of the molecule is COc1ccc(CN(C)C)cc1CN1CCC[C@@H](c2cc(N(C)C)nc(-c3cccnc3)n2)C1. The highest BCUT2D eigenvalue weighted by Crippen LogP contribution is 2.31. The molecule has 0 aliphatic carbocycles. The molecule has 7 heteroatoms. The Morgan fingerprint density at radius 3 is 2.65 bits per heavy atom. The van der Waals surface area contributed by atoms with E-state index in [2.05, 4.69) is 53.1 Å². The van der Waals surface area contributed by atoms with Crippen molar-refractivity contribution in [1.82, 2.24) is 24.8 Å². The summed E-state index contributed by atoms with van der Waals surface area (Å²) in [7, 11) is 10.0. The summed E-state index contributed by atoms with van der Waals surface area (Å²) in [6, 6.07) is 12.6. The molecular formula is C27H36N6O. The van der Waals surface area contributed by atoms with Crippen LogP contribution in [0.2, 0.25) is 0 Å². The Hall–Kier alpha value is -3.03. The molecule has 1 aliphatic heterocycles. The Labute approximate surface area is 203 Å². The van der Waals surface area contributed by atoms with Crippen LogP contribution in [0.5, 0.6) is 5.75 Å². The largest absolute Gasteiger partial charge is 0.496 e. The summed E-state index contributed by atoms with van der Waals surface area (Å²) < 4.78 is 5.69. The molecule has 7 nitrogen and oxygen atoms in total. The third-order valence-corrected chi connectivity index (χ3v) is 6.27. The normalized spacial score (nSPS) is 16.6. The Balaban J connectivity index is 1.57. The molecule has 0 spiro atoms. The average Bonchev–Trinajstić information content (AvgIpc) is 2.84. The zero-order valence-electron chi connectivity index (χ0n) is 21.0. The number of benzene rings is 1. The number of nitrogens with zero attached hydrogens (tertiary/aromatic N) is 6. The lowest BCUT2D eigenvalue weighted by Gasteiger charge is -2.33. The molecule has 2 aromatic heterocycles. The quantitative estimate of drug-likeness (QED) is 0.503. The number of likely N-dealkylation sites (tertiary alicyclic amines) is 1. The van der Waals surface area contributed by atoms with Crippen molar-refractivity contribution < 1.29 is 4.74 Å². The van der Waals surface area contributed by atoms with Crippen LogP contribution in [-0.4, -0.2) is 73.1 Å². The molecule has 0 N–H and O–H groups in total. The molecule has 0 radical (unpaired) electrons. The van der Waals surface area contributed by atoms with Gasteiger partial charge in [0, 0.05) is 69.2 Å². The van der Waals surface area contributed by atoms with Crippen molar-refractivity contribution in [2.75, 3.05) is 53.3 Å². The van der Waals surface area contributed by atoms with Crippen molar-refractivity contribution in [3.8, 4) is 17.1 Å². The van der Waals surface area contributed by atoms with Crippen LogP contribution < -0.4 is 9.64 Å². The van der Waals surface area contributed by atoms with Crippen molar-refractivity contribution >= 4 is 5.82 Å². The molecule has 1 aromatic carbocycles. The summed E-state index contributed by atoms with van der Waals surface area (Å²) in [5.41, 5.74) is 4.61. The lowest BCUT2D eigenvalue weighted by atomic mass is 9.93. The van der Waals surface area contributed by atoms with Crippen LogP contribution >= 0.6 is 0 Å². The molecule has 3 heterocycles. The molecule has 0 amide bonds. The van der Waals surface area contributed by atoms with Gasteiger partial charge in [0.1, 0.15) is 11.6 Å². The van der Waals surface area contributed by atoms with E-state index < -0.39 is 0 Å². The minimum atomic E-state index is 0.363. The lowest BCUT2D eigenvalue weighted by molar-refractivity contribution is 0.196. The highest BCUT2D eigenvalue weighted by molar-refractivity contribution is 5.57. The number of piperidine rings is 1. The van der Waals surface area contributed by atoms with Gasteiger partial charge in [-0.3, -0.25) is 9.88 Å². The Morgan fingerprint density at radius 2 is 1.94 bits per heavy atom. The Bertz CT molecular complexity index is 1090. The van der Waals surface area contributed by atoms with Gasteiger partial charge >= 0.3 is 0 Å². The summed E-state index contributed by atoms with van der Waals surface area (Å²) in [6.45, 7) is 3.85. The van der Waals surface area contributed by atoms with E-state index >= 15 is 0 Å². The van der Waals surface area contributed by atoms with Gasteiger partial charge in [-0.2, -0.15) is 0 Å². The van der Waals surface area contributed by atoms with E-state index in [4.69, 9.17) is 14.7 Å². The van der Waals surface area contributed by atoms with Gasteiger partial charge in [-0.15, -0.1) is 0 Å². The molecule has 1 saturated heterocycles. The lowest BCUT2D eigenvalue weighted by Crippen LogP contribution is -2.34. The third kappa shape index (κ3) is 5.90. The van der Waals surface area contributed by atoms with Gasteiger partial charge in [-0.25, -0.2) is 9.97 Å². The molecule has 1 atom stereocenters. The average molecular weight is 461 g/mol. The van der Waals surface area contributed by atoms with E-state index in [-0.39, 0.29) is 0 Å². The number of anilines is 1. The van der Waals surface area contributed by atoms with Gasteiger partial charge < -0.3 is 14.5 Å². The van der Waals surface area contributed by atoms with Gasteiger partial charge in [-0.1, -0.05) is 6.07 Å². The topological polar surface area (TPSA) is 57.6 Å². The van der Waals surface area contributed by atoms with E-state index in [0.29, 0.717) is 5.92 Å². The highest BCUT2D eigenvalue weighted by Gasteiger charge is 2.25. The minimum absolute atomic E-state index is 0.363. The number of rotatable bonds is 8. The van der Waals surface area contributed by atoms with Crippen LogP contribution in [0.1, 0.15) is 35.6 Å². The second-order valence-corrected chi connectivity index (χ2v) is 9.57. The maximum Gasteiger partial charge on any atom is 0.163 e. The van der Waals surface area contributed by atoms with Gasteiger partial charge in [0.2, 0.25) is 0 Å². The molecular weight excluding hydrogens is 424 g/mol. The first kappa shape index (κ1) is 24.1. The molecule has 34 heavy (non-hydrogen) atoms. The standard InChI is InChI=1S/C27H36N6O/c1-31(2)17-20-10-11-25(34-5)23(14-20)19-33-13-7-9-22(18-33)24-15-26(32(3)4)30-27(29-24)21-8-6-12-28-16-21/h6,8,10-12,14-16,22H,7,9,13,17-19H2,1-5H3/t22-/m1/s1. The van der Waals surface area contributed by atoms with Crippen LogP contribution in [0.4, 0.5) is 5.82 Å². The Morgan fingerprint density at radius 1 is 1.09 bits per heavy atom. The zero-order chi connectivity index (χ0) is 24.1. The molecule has 180 valence electrons. The van der Waals surface area contributed by atoms with Crippen LogP contribution in [0.3, 0.4) is 0 Å². The number of hydrogen-bond acceptors (Lipinski definition) is 7. The summed E-state index contributed by atoms with van der Waals surface area (Å²) >= 11 is 0. The fourth-order valence-corrected chi connectivity index (χ4v) is 4.62. The van der Waals surface area contributed by atoms with Crippen molar-refractivity contribution in [1.29, 1.82) is 0 Å². The fraction of sp³-hybridized carbons (Fsp3) is 0.444. The number of ether oxygens (including phenoxy) is 1. The van der Waals surface area contributed by atoms with Crippen LogP contribution in [-0.2, 0) is 13.1 Å². The second kappa shape index (κ2) is 10.9. The number of hydrogen-bond donors (Lipinski definition) is 0. The van der Waals surface area contributed by atoms with Gasteiger partial charge in [-0.05, 0) is 63.3 Å². The summed E-state index contributed by atoms with van der Waals surface area (Å²) in [5, 5.41) is 0. The molecule has 0 unspecified atom stereocenters. The van der Waals surface area contributed by atoms with Gasteiger partial charge in [0.15, 0.2) is 5.82 Å². The first-order valence-electron chi connectivity index (χ1n) is 11.9. The van der Waals surface area contributed by atoms with Crippen molar-refractivity contribution in [2.24, 2.45) is 0 Å². The van der Waals surface area contributed by atoms with Gasteiger partial charge in [0.05, 0.1) is 12.8 Å². The first-order valence-corrected chi connectivity index (χ1v) is 11.9. The van der Waals surface area contributed by atoms with Crippen LogP contribution in [0, 0.1) is 0 Å². The van der Waals surface area contributed by atoms with Crippen LogP contribution in [0.25, 0.3) is 11.4 Å². The maximum absolute atomic E-state index is 5.69. The Kier molecular flexibility index (Phi) is 7.75. The number of pyridine rings is 1. The predicted molar refractivity (Wildman–Crippen MR) is 137 cm³/mol. The fourth-order valence-electron chi connectivity index (χ4n) is 4.62. The van der Waals surface area contributed by atoms with E-state index in [9.17, 15) is 0 Å². The minimum Gasteiger partial charge on any atom is -0.496 e. The van der Waals surface area contributed by atoms with E-state index in [0.717, 1.165) is 67.7 Å². The summed E-state index contributed by atoms with van der Waals surface area (Å²) in [6.07, 6.45) is 5.89. The summed E-state index contributed by atoms with van der Waals surface area (Å²) in [5.74, 6) is 2.99. The molecule has 1 fully saturated rings. The van der Waals surface area contributed by atoms with E-state index in [1.54, 1.807) is 13.3 Å². The highest BCUT2D eigenvalue weighted by atomic mass is 16.5. The smallest absolute Gasteiger partial charge is 0.163 e. The monoisotopic (exact) mass is 460 g/mol. The predicted octanol–water partition coefficient (Wildman–Crippen LogP) is 4.05. The van der Waals surface area contributed by atoms with Crippen molar-refractivity contribution in [3.05, 3.63) is 65.6 Å². The first-order chi connectivity index (χ1) is 16.4. The zero-order valence-corrected chi connectivity index (χ0v) is 21.0. The molecule has 0 bridgehead atoms. The molecule has 1 aliphatic rings. The maximum atomic E-state index is 5.69. The molecule has 0 saturated carbocycles. The summed E-state index contributed by atoms with van der Waals surface area (Å²) in [4.78, 5) is 20.8. The number of methoxy groups -OCH3 is 1. The second-order valence-electron chi connectivity index (χ2n) is 9.57. The molecule has 4 rings (SSSR count).